The Morgan fingerprint density at radius 2 is 1.97 bits per heavy atom. The molecule has 4 rings (SSSR count). The molecule has 0 N–H and O–H groups in total. The molecule has 0 unspecified atom stereocenters. The zero-order valence-electron chi connectivity index (χ0n) is 15.9. The second-order valence-corrected chi connectivity index (χ2v) is 8.18. The fourth-order valence-corrected chi connectivity index (χ4v) is 4.56. The van der Waals surface area contributed by atoms with Crippen LogP contribution in [0.4, 0.5) is 10.8 Å². The number of carbonyl (C=O) groups is 1. The maximum Gasteiger partial charge on any atom is 0.270 e. The van der Waals surface area contributed by atoms with Crippen LogP contribution in [0.25, 0.3) is 10.2 Å². The van der Waals surface area contributed by atoms with Crippen LogP contribution in [0.1, 0.15) is 16.1 Å². The highest BCUT2D eigenvalue weighted by Gasteiger charge is 2.24. The van der Waals surface area contributed by atoms with Crippen LogP contribution in [0.3, 0.4) is 0 Å². The average Bonchev–Trinajstić information content (AvgIpc) is 3.20. The molecule has 9 heteroatoms. The van der Waals surface area contributed by atoms with E-state index in [1.165, 1.54) is 35.2 Å². The lowest BCUT2D eigenvalue weighted by molar-refractivity contribution is -0.384. The van der Waals surface area contributed by atoms with Crippen LogP contribution in [0.15, 0.2) is 71.8 Å². The third-order valence-corrected chi connectivity index (χ3v) is 6.27. The molecule has 2 aromatic heterocycles. The van der Waals surface area contributed by atoms with Gasteiger partial charge in [0.1, 0.15) is 0 Å². The third kappa shape index (κ3) is 4.03. The van der Waals surface area contributed by atoms with E-state index < -0.39 is 4.92 Å². The van der Waals surface area contributed by atoms with Gasteiger partial charge in [-0.3, -0.25) is 24.8 Å². The SMILES string of the molecule is CSc1ccccc1C(=O)N(Cc1ccccn1)c1nc2ccc([N+](=O)[O-])cc2s1. The molecule has 7 nitrogen and oxygen atoms in total. The van der Waals surface area contributed by atoms with Gasteiger partial charge in [-0.05, 0) is 36.6 Å². The predicted octanol–water partition coefficient (Wildman–Crippen LogP) is 5.17. The van der Waals surface area contributed by atoms with Crippen molar-refractivity contribution in [3.63, 3.8) is 0 Å². The van der Waals surface area contributed by atoms with E-state index in [1.807, 2.05) is 42.7 Å². The standard InChI is InChI=1S/C21H16N4O3S2/c1-29-18-8-3-2-7-16(18)20(26)24(13-14-6-4-5-11-22-14)21-23-17-10-9-15(25(27)28)12-19(17)30-21/h2-12H,13H2,1H3. The summed E-state index contributed by atoms with van der Waals surface area (Å²) in [6.45, 7) is 0.240. The molecule has 2 aromatic carbocycles. The zero-order chi connectivity index (χ0) is 21.1. The number of anilines is 1. The number of rotatable bonds is 6. The van der Waals surface area contributed by atoms with Crippen molar-refractivity contribution in [2.45, 2.75) is 11.4 Å². The molecule has 0 saturated heterocycles. The molecule has 0 aliphatic carbocycles. The summed E-state index contributed by atoms with van der Waals surface area (Å²) in [7, 11) is 0. The van der Waals surface area contributed by atoms with Crippen LogP contribution >= 0.6 is 23.1 Å². The number of hydrogen-bond donors (Lipinski definition) is 0. The number of amides is 1. The van der Waals surface area contributed by atoms with Gasteiger partial charge in [0.2, 0.25) is 0 Å². The number of carbonyl (C=O) groups excluding carboxylic acids is 1. The van der Waals surface area contributed by atoms with Gasteiger partial charge in [-0.2, -0.15) is 0 Å². The van der Waals surface area contributed by atoms with Crippen molar-refractivity contribution in [3.8, 4) is 0 Å². The molecule has 0 fully saturated rings. The van der Waals surface area contributed by atoms with Gasteiger partial charge < -0.3 is 0 Å². The van der Waals surface area contributed by atoms with Crippen molar-refractivity contribution in [1.82, 2.24) is 9.97 Å². The largest absolute Gasteiger partial charge is 0.278 e. The topological polar surface area (TPSA) is 89.2 Å². The molecule has 0 aliphatic heterocycles. The van der Waals surface area contributed by atoms with E-state index >= 15 is 0 Å². The van der Waals surface area contributed by atoms with Gasteiger partial charge in [0.25, 0.3) is 11.6 Å². The summed E-state index contributed by atoms with van der Waals surface area (Å²) < 4.78 is 0.649. The number of nitro benzene ring substituents is 1. The number of aromatic nitrogens is 2. The summed E-state index contributed by atoms with van der Waals surface area (Å²) in [5.74, 6) is -0.195. The van der Waals surface area contributed by atoms with Gasteiger partial charge in [0.15, 0.2) is 5.13 Å². The molecular weight excluding hydrogens is 420 g/mol. The fourth-order valence-electron chi connectivity index (χ4n) is 2.98. The molecule has 2 heterocycles. The first kappa shape index (κ1) is 20.0. The molecule has 150 valence electrons. The number of non-ortho nitro benzene ring substituents is 1. The second-order valence-electron chi connectivity index (χ2n) is 6.32. The maximum atomic E-state index is 13.5. The molecule has 0 saturated carbocycles. The average molecular weight is 437 g/mol. The summed E-state index contributed by atoms with van der Waals surface area (Å²) in [5.41, 5.74) is 1.90. The predicted molar refractivity (Wildman–Crippen MR) is 119 cm³/mol. The van der Waals surface area contributed by atoms with Crippen LogP contribution in [-0.4, -0.2) is 27.1 Å². The maximum absolute atomic E-state index is 13.5. The minimum Gasteiger partial charge on any atom is -0.278 e. The molecule has 0 spiro atoms. The van der Waals surface area contributed by atoms with Crippen LogP contribution in [0, 0.1) is 10.1 Å². The highest BCUT2D eigenvalue weighted by molar-refractivity contribution is 7.98. The van der Waals surface area contributed by atoms with Crippen molar-refractivity contribution in [3.05, 3.63) is 88.2 Å². The monoisotopic (exact) mass is 436 g/mol. The minimum absolute atomic E-state index is 0.00645. The Bertz CT molecular complexity index is 1230. The molecule has 4 aromatic rings. The van der Waals surface area contributed by atoms with E-state index in [0.717, 1.165) is 10.6 Å². The van der Waals surface area contributed by atoms with Crippen molar-refractivity contribution in [2.24, 2.45) is 0 Å². The molecule has 0 radical (unpaired) electrons. The van der Waals surface area contributed by atoms with Crippen LogP contribution in [0.2, 0.25) is 0 Å². The summed E-state index contributed by atoms with van der Waals surface area (Å²) >= 11 is 2.75. The molecule has 30 heavy (non-hydrogen) atoms. The summed E-state index contributed by atoms with van der Waals surface area (Å²) in [6.07, 6.45) is 3.60. The first-order valence-corrected chi connectivity index (χ1v) is 11.0. The first-order valence-electron chi connectivity index (χ1n) is 8.96. The van der Waals surface area contributed by atoms with Crippen molar-refractivity contribution in [1.29, 1.82) is 0 Å². The number of thioether (sulfide) groups is 1. The van der Waals surface area contributed by atoms with Gasteiger partial charge in [0.05, 0.1) is 32.9 Å². The van der Waals surface area contributed by atoms with E-state index in [2.05, 4.69) is 9.97 Å². The smallest absolute Gasteiger partial charge is 0.270 e. The molecule has 0 aliphatic rings. The first-order chi connectivity index (χ1) is 14.6. The summed E-state index contributed by atoms with van der Waals surface area (Å²) in [4.78, 5) is 35.6. The normalized spacial score (nSPS) is 10.8. The van der Waals surface area contributed by atoms with E-state index in [9.17, 15) is 14.9 Å². The van der Waals surface area contributed by atoms with Gasteiger partial charge in [0, 0.05) is 23.2 Å². The second kappa shape index (κ2) is 8.60. The highest BCUT2D eigenvalue weighted by atomic mass is 32.2. The van der Waals surface area contributed by atoms with E-state index in [4.69, 9.17) is 0 Å². The number of nitrogens with zero attached hydrogens (tertiary/aromatic N) is 4. The quantitative estimate of drug-likeness (QED) is 0.235. The van der Waals surface area contributed by atoms with Crippen molar-refractivity contribution < 1.29 is 9.72 Å². The van der Waals surface area contributed by atoms with E-state index in [0.29, 0.717) is 20.9 Å². The van der Waals surface area contributed by atoms with E-state index in [-0.39, 0.29) is 18.1 Å². The lowest BCUT2D eigenvalue weighted by Gasteiger charge is -2.20. The molecule has 1 amide bonds. The zero-order valence-corrected chi connectivity index (χ0v) is 17.5. The Kier molecular flexibility index (Phi) is 5.73. The number of benzene rings is 2. The Hall–Kier alpha value is -3.30. The minimum atomic E-state index is -0.440. The number of pyridine rings is 1. The fraction of sp³-hybridized carbons (Fsp3) is 0.0952. The van der Waals surface area contributed by atoms with Crippen LogP contribution in [-0.2, 0) is 6.54 Å². The Balaban J connectivity index is 1.80. The van der Waals surface area contributed by atoms with Crippen molar-refractivity contribution >= 4 is 50.0 Å². The molecule has 0 atom stereocenters. The summed E-state index contributed by atoms with van der Waals surface area (Å²) in [6, 6.07) is 17.4. The Morgan fingerprint density at radius 1 is 1.17 bits per heavy atom. The lowest BCUT2D eigenvalue weighted by atomic mass is 10.2. The van der Waals surface area contributed by atoms with Gasteiger partial charge in [-0.15, -0.1) is 11.8 Å². The number of thiazole rings is 1. The van der Waals surface area contributed by atoms with E-state index in [1.54, 1.807) is 23.2 Å². The number of fused-ring (bicyclic) bond motifs is 1. The van der Waals surface area contributed by atoms with Gasteiger partial charge in [-0.25, -0.2) is 4.98 Å². The number of nitro groups is 1. The number of hydrogen-bond acceptors (Lipinski definition) is 7. The Labute approximate surface area is 180 Å². The third-order valence-electron chi connectivity index (χ3n) is 4.43. The highest BCUT2D eigenvalue weighted by Crippen LogP contribution is 2.33. The molecular formula is C21H16N4O3S2. The Morgan fingerprint density at radius 3 is 2.70 bits per heavy atom. The summed E-state index contributed by atoms with van der Waals surface area (Å²) in [5, 5.41) is 11.6. The van der Waals surface area contributed by atoms with Crippen LogP contribution in [0.5, 0.6) is 0 Å². The van der Waals surface area contributed by atoms with Gasteiger partial charge in [-0.1, -0.05) is 29.5 Å². The van der Waals surface area contributed by atoms with Crippen LogP contribution < -0.4 is 4.90 Å². The van der Waals surface area contributed by atoms with Crippen molar-refractivity contribution in [2.75, 3.05) is 11.2 Å². The lowest BCUT2D eigenvalue weighted by Crippen LogP contribution is -2.31. The van der Waals surface area contributed by atoms with Gasteiger partial charge >= 0.3 is 0 Å². The molecule has 0 bridgehead atoms.